The predicted molar refractivity (Wildman–Crippen MR) is 265 cm³/mol. The van der Waals surface area contributed by atoms with Crippen molar-refractivity contribution < 1.29 is 4.40 Å². The van der Waals surface area contributed by atoms with Gasteiger partial charge in [-0.3, -0.25) is 4.40 Å². The lowest BCUT2D eigenvalue weighted by Gasteiger charge is -2.23. The summed E-state index contributed by atoms with van der Waals surface area (Å²) in [6.07, 6.45) is 11.9. The van der Waals surface area contributed by atoms with Gasteiger partial charge in [-0.15, -0.1) is 4.40 Å². The van der Waals surface area contributed by atoms with Gasteiger partial charge in [0.1, 0.15) is 27.6 Å². The number of benzene rings is 1. The molecule has 12 aromatic heterocycles. The summed E-state index contributed by atoms with van der Waals surface area (Å²) in [7, 11) is 0. The molecule has 1 aromatic carbocycles. The van der Waals surface area contributed by atoms with Crippen LogP contribution in [-0.2, 0) is 89.7 Å². The second kappa shape index (κ2) is 12.2. The Morgan fingerprint density at radius 1 is 0.242 bits per heavy atom. The normalized spacial score (nSPS) is 13.7. The van der Waals surface area contributed by atoms with Gasteiger partial charge in [0.25, 0.3) is 5.52 Å². The fraction of sp³-hybridized carbons (Fsp3) is 0.436. The number of hydrogen-bond acceptors (Lipinski definition) is 1. The van der Waals surface area contributed by atoms with Crippen LogP contribution in [0.3, 0.4) is 0 Å². The van der Waals surface area contributed by atoms with Gasteiger partial charge >= 0.3 is 0 Å². The van der Waals surface area contributed by atoms with Gasteiger partial charge in [-0.05, 0) is 133 Å². The van der Waals surface area contributed by atoms with Gasteiger partial charge < -0.3 is 30.2 Å². The van der Waals surface area contributed by atoms with E-state index in [9.17, 15) is 0 Å². The van der Waals surface area contributed by atoms with E-state index in [0.29, 0.717) is 0 Å². The highest BCUT2D eigenvalue weighted by molar-refractivity contribution is 7.59. The van der Waals surface area contributed by atoms with Gasteiger partial charge in [0, 0.05) is 16.6 Å². The van der Waals surface area contributed by atoms with Gasteiger partial charge in [-0.25, -0.2) is 0 Å². The molecule has 0 unspecified atom stereocenters. The summed E-state index contributed by atoms with van der Waals surface area (Å²) in [5.41, 5.74) is 43.4. The van der Waals surface area contributed by atoms with Crippen molar-refractivity contribution in [2.75, 3.05) is 0 Å². The lowest BCUT2D eigenvalue weighted by molar-refractivity contribution is -0.448. The van der Waals surface area contributed by atoms with Crippen molar-refractivity contribution in [3.8, 4) is 0 Å². The Hall–Kier alpha value is -5.01. The highest BCUT2D eigenvalue weighted by Gasteiger charge is 2.43. The first-order valence-corrected chi connectivity index (χ1v) is 25.1. The first kappa shape index (κ1) is 37.5. The maximum Gasteiger partial charge on any atom is 0.264 e. The van der Waals surface area contributed by atoms with E-state index in [4.69, 9.17) is 12.6 Å². The molecule has 7 heteroatoms. The second-order valence-corrected chi connectivity index (χ2v) is 19.0. The summed E-state index contributed by atoms with van der Waals surface area (Å²) in [5, 5.41) is 0. The first-order valence-electron chi connectivity index (χ1n) is 24.7. The van der Waals surface area contributed by atoms with Gasteiger partial charge in [-0.1, -0.05) is 88.0 Å². The Morgan fingerprint density at radius 3 is 0.774 bits per heavy atom. The zero-order chi connectivity index (χ0) is 42.8. The molecule has 13 rings (SSSR count). The highest BCUT2D eigenvalue weighted by atomic mass is 32.1. The molecule has 0 fully saturated rings. The molecule has 0 aliphatic heterocycles. The van der Waals surface area contributed by atoms with Crippen molar-refractivity contribution in [2.45, 2.75) is 165 Å². The molecular weight excluding hydrogens is 777 g/mol. The van der Waals surface area contributed by atoms with Crippen molar-refractivity contribution >= 4 is 112 Å². The van der Waals surface area contributed by atoms with Crippen LogP contribution in [0.1, 0.15) is 150 Å². The zero-order valence-electron chi connectivity index (χ0n) is 39.1. The van der Waals surface area contributed by atoms with Crippen LogP contribution in [0.2, 0.25) is 0 Å². The minimum atomic E-state index is 0.954. The summed E-state index contributed by atoms with van der Waals surface area (Å²) in [5.74, 6) is 0. The Morgan fingerprint density at radius 2 is 0.468 bits per heavy atom. The fourth-order valence-corrected chi connectivity index (χ4v) is 15.4. The summed E-state index contributed by atoms with van der Waals surface area (Å²) in [6.45, 7) is 28.9. The Labute approximate surface area is 368 Å². The molecule has 6 nitrogen and oxygen atoms in total. The molecule has 0 saturated heterocycles. The zero-order valence-corrected chi connectivity index (χ0v) is 39.9. The van der Waals surface area contributed by atoms with Crippen molar-refractivity contribution in [3.63, 3.8) is 0 Å². The van der Waals surface area contributed by atoms with Gasteiger partial charge in [0.2, 0.25) is 5.52 Å². The summed E-state index contributed by atoms with van der Waals surface area (Å²) in [4.78, 5) is 1.04. The number of hydrogen-bond donors (Lipinski definition) is 0. The van der Waals surface area contributed by atoms with Crippen LogP contribution >= 0.6 is 0 Å². The van der Waals surface area contributed by atoms with E-state index >= 15 is 0 Å². The van der Waals surface area contributed by atoms with E-state index < -0.39 is 0 Å². The highest BCUT2D eigenvalue weighted by Crippen LogP contribution is 2.54. The van der Waals surface area contributed by atoms with Crippen molar-refractivity contribution in [1.82, 2.24) is 22.0 Å². The molecule has 0 aliphatic carbocycles. The Bertz CT molecular complexity index is 3700. The Balaban J connectivity index is 1.61. The molecule has 316 valence electrons. The quantitative estimate of drug-likeness (QED) is 0.0521. The third-order valence-electron chi connectivity index (χ3n) is 16.8. The average Bonchev–Trinajstić information content (AvgIpc) is 4.11. The molecule has 0 N–H and O–H groups in total. The smallest absolute Gasteiger partial charge is 0.264 e. The van der Waals surface area contributed by atoms with Crippen LogP contribution in [0, 0.1) is 0 Å². The molecule has 0 bridgehead atoms. The number of aromatic nitrogens is 6. The standard InChI is InChI=1S/C55H60N6S/c1-13-25-27(15-3)39-41-29(17-5)31(19-7)43-45-33(21-9)35(23-11)47-55(62)48-36(24-12)34(22-10)46-44-32(20-8)30(18-6)42-40-28(16-4)26(14-2)38-37(25)56(39)49-50(57(38)40)52(59(42)44)54(61(46)48)53(60(45)47)51(49)58(41)43/h13-24H2,1-12H3. The third kappa shape index (κ3) is 3.47. The van der Waals surface area contributed by atoms with E-state index in [1.165, 1.54) is 144 Å². The predicted octanol–water partition coefficient (Wildman–Crippen LogP) is 12.9. The molecule has 13 aromatic rings. The minimum absolute atomic E-state index is 0.954. The number of aryl methyl sites for hydroxylation is 12. The summed E-state index contributed by atoms with van der Waals surface area (Å²) in [6, 6.07) is 0. The molecule has 0 atom stereocenters. The SMILES string of the molecule is CCc1c(CC)c2c3c(CC)c(CC)c4c5c(CC)c(CC)c6c7c(CC)c(CC)c8c9c(CC)c(CC)c%10c%11c(CC)c(CC)c%12c([S-])c1n2c1c(c(c(c(c1[n+]%12%11)n9%10)n78)n56)n34. The van der Waals surface area contributed by atoms with Gasteiger partial charge in [-0.2, -0.15) is 0 Å². The van der Waals surface area contributed by atoms with E-state index in [-0.39, 0.29) is 0 Å². The third-order valence-corrected chi connectivity index (χ3v) is 17.2. The lowest BCUT2D eigenvalue weighted by Crippen LogP contribution is -2.26. The van der Waals surface area contributed by atoms with E-state index in [1.807, 2.05) is 0 Å². The van der Waals surface area contributed by atoms with Crippen molar-refractivity contribution in [2.24, 2.45) is 0 Å². The topological polar surface area (TPSA) is 26.1 Å². The van der Waals surface area contributed by atoms with E-state index in [2.05, 4.69) is 109 Å². The molecule has 0 aliphatic rings. The number of rotatable bonds is 12. The van der Waals surface area contributed by atoms with Crippen molar-refractivity contribution in [1.29, 1.82) is 0 Å². The Kier molecular flexibility index (Phi) is 7.36. The van der Waals surface area contributed by atoms with Gasteiger partial charge in [0.15, 0.2) is 5.52 Å². The average molecular weight is 837 g/mol. The minimum Gasteiger partial charge on any atom is -0.771 e. The number of nitrogens with zero attached hydrogens (tertiary/aromatic N) is 6. The fourth-order valence-electron chi connectivity index (χ4n) is 14.9. The molecule has 0 spiro atoms. The second-order valence-electron chi connectivity index (χ2n) is 18.6. The lowest BCUT2D eigenvalue weighted by atomic mass is 9.99. The van der Waals surface area contributed by atoms with Crippen LogP contribution in [0.5, 0.6) is 0 Å². The van der Waals surface area contributed by atoms with Crippen LogP contribution in [0.4, 0.5) is 0 Å². The van der Waals surface area contributed by atoms with Crippen LogP contribution < -0.4 is 4.40 Å². The van der Waals surface area contributed by atoms with E-state index in [1.54, 1.807) is 22.3 Å². The van der Waals surface area contributed by atoms with Crippen LogP contribution in [-0.4, -0.2) is 22.0 Å². The molecule has 12 heterocycles. The maximum atomic E-state index is 7.13. The summed E-state index contributed by atoms with van der Waals surface area (Å²) < 4.78 is 17.0. The van der Waals surface area contributed by atoms with Crippen LogP contribution in [0.25, 0.3) is 99.3 Å². The first-order chi connectivity index (χ1) is 30.3. The monoisotopic (exact) mass is 836 g/mol. The molecule has 0 amide bonds. The van der Waals surface area contributed by atoms with Crippen LogP contribution in [0.15, 0.2) is 4.90 Å². The maximum absolute atomic E-state index is 7.13. The summed E-state index contributed by atoms with van der Waals surface area (Å²) >= 11 is 7.13. The molecule has 0 saturated carbocycles. The molecule has 0 radical (unpaired) electrons. The molecular formula is C55H60N6S. The molecule has 62 heavy (non-hydrogen) atoms. The van der Waals surface area contributed by atoms with Crippen molar-refractivity contribution in [3.05, 3.63) is 66.8 Å². The van der Waals surface area contributed by atoms with Gasteiger partial charge in [0.05, 0.1) is 49.7 Å². The van der Waals surface area contributed by atoms with E-state index in [0.717, 1.165) is 81.9 Å². The number of fused-ring (bicyclic) bond motifs is 5. The largest absolute Gasteiger partial charge is 0.771 e.